The van der Waals surface area contributed by atoms with Crippen molar-refractivity contribution in [2.75, 3.05) is 39.6 Å². The Balaban J connectivity index is 1.63. The molecule has 2 saturated heterocycles. The van der Waals surface area contributed by atoms with Crippen LogP contribution in [0.2, 0.25) is 0 Å². The standard InChI is InChI=1S/C15H25N3O3S2/c1-21-11-13-9-15(12-18(13)23(2,19)20)3-6-17(7-4-15)10-14-16-5-8-22-14/h5,8,13H,3-4,6-7,9-12H2,1-2H3. The molecule has 0 saturated carbocycles. The smallest absolute Gasteiger partial charge is 0.211 e. The predicted octanol–water partition coefficient (Wildman–Crippen LogP) is 1.41. The minimum Gasteiger partial charge on any atom is -0.383 e. The molecule has 2 fully saturated rings. The molecule has 0 aliphatic carbocycles. The first kappa shape index (κ1) is 17.3. The third-order valence-electron chi connectivity index (χ3n) is 5.11. The fourth-order valence-corrected chi connectivity index (χ4v) is 5.76. The molecule has 0 bridgehead atoms. The zero-order chi connectivity index (χ0) is 16.5. The van der Waals surface area contributed by atoms with Gasteiger partial charge >= 0.3 is 0 Å². The second-order valence-corrected chi connectivity index (χ2v) is 9.74. The Kier molecular flexibility index (Phi) is 5.08. The fraction of sp³-hybridized carbons (Fsp3) is 0.800. The minimum atomic E-state index is -3.17. The number of hydrogen-bond donors (Lipinski definition) is 0. The summed E-state index contributed by atoms with van der Waals surface area (Å²) in [5.74, 6) is 0. The summed E-state index contributed by atoms with van der Waals surface area (Å²) in [4.78, 5) is 6.78. The lowest BCUT2D eigenvalue weighted by Crippen LogP contribution is -2.42. The van der Waals surface area contributed by atoms with Gasteiger partial charge < -0.3 is 4.74 Å². The van der Waals surface area contributed by atoms with Gasteiger partial charge in [0, 0.05) is 31.3 Å². The molecular weight excluding hydrogens is 334 g/mol. The van der Waals surface area contributed by atoms with Crippen LogP contribution in [0.4, 0.5) is 0 Å². The van der Waals surface area contributed by atoms with E-state index in [1.807, 2.05) is 11.6 Å². The second kappa shape index (κ2) is 6.76. The molecule has 1 aromatic rings. The summed E-state index contributed by atoms with van der Waals surface area (Å²) in [6.45, 7) is 4.06. The van der Waals surface area contributed by atoms with Crippen molar-refractivity contribution in [3.8, 4) is 0 Å². The molecule has 3 rings (SSSR count). The van der Waals surface area contributed by atoms with Crippen LogP contribution < -0.4 is 0 Å². The highest BCUT2D eigenvalue weighted by Gasteiger charge is 2.48. The molecule has 0 amide bonds. The SMILES string of the molecule is COCC1CC2(CCN(Cc3nccs3)CC2)CN1S(C)(=O)=O. The Morgan fingerprint density at radius 1 is 1.43 bits per heavy atom. The molecule has 130 valence electrons. The number of ether oxygens (including phenoxy) is 1. The lowest BCUT2D eigenvalue weighted by molar-refractivity contribution is 0.105. The van der Waals surface area contributed by atoms with Crippen molar-refractivity contribution in [2.24, 2.45) is 5.41 Å². The van der Waals surface area contributed by atoms with Gasteiger partial charge in [-0.15, -0.1) is 11.3 Å². The van der Waals surface area contributed by atoms with Crippen molar-refractivity contribution in [3.63, 3.8) is 0 Å². The van der Waals surface area contributed by atoms with Gasteiger partial charge in [-0.25, -0.2) is 13.4 Å². The summed E-state index contributed by atoms with van der Waals surface area (Å²) >= 11 is 1.69. The number of rotatable bonds is 5. The number of piperidine rings is 1. The van der Waals surface area contributed by atoms with E-state index in [-0.39, 0.29) is 11.5 Å². The molecule has 6 nitrogen and oxygen atoms in total. The Morgan fingerprint density at radius 3 is 2.74 bits per heavy atom. The summed E-state index contributed by atoms with van der Waals surface area (Å²) in [7, 11) is -1.53. The third kappa shape index (κ3) is 3.93. The molecule has 0 radical (unpaired) electrons. The number of aromatic nitrogens is 1. The van der Waals surface area contributed by atoms with E-state index in [1.165, 1.54) is 6.26 Å². The van der Waals surface area contributed by atoms with Gasteiger partial charge in [-0.05, 0) is 37.8 Å². The first-order chi connectivity index (χ1) is 10.9. The number of nitrogens with zero attached hydrogens (tertiary/aromatic N) is 3. The van der Waals surface area contributed by atoms with Crippen molar-refractivity contribution in [2.45, 2.75) is 31.8 Å². The van der Waals surface area contributed by atoms with Crippen LogP contribution in [0.5, 0.6) is 0 Å². The number of sulfonamides is 1. The quantitative estimate of drug-likeness (QED) is 0.795. The van der Waals surface area contributed by atoms with Crippen LogP contribution in [0.1, 0.15) is 24.3 Å². The van der Waals surface area contributed by atoms with Gasteiger partial charge in [0.25, 0.3) is 0 Å². The van der Waals surface area contributed by atoms with E-state index >= 15 is 0 Å². The van der Waals surface area contributed by atoms with Crippen LogP contribution in [-0.4, -0.2) is 68.3 Å². The monoisotopic (exact) mass is 359 g/mol. The molecule has 23 heavy (non-hydrogen) atoms. The second-order valence-electron chi connectivity index (χ2n) is 6.82. The van der Waals surface area contributed by atoms with E-state index in [4.69, 9.17) is 4.74 Å². The number of likely N-dealkylation sites (tertiary alicyclic amines) is 1. The van der Waals surface area contributed by atoms with Gasteiger partial charge in [0.15, 0.2) is 0 Å². The van der Waals surface area contributed by atoms with Crippen molar-refractivity contribution < 1.29 is 13.2 Å². The minimum absolute atomic E-state index is 0.0134. The van der Waals surface area contributed by atoms with E-state index in [0.717, 1.165) is 43.9 Å². The maximum Gasteiger partial charge on any atom is 0.211 e. The summed E-state index contributed by atoms with van der Waals surface area (Å²) < 4.78 is 31.1. The molecular formula is C15H25N3O3S2. The van der Waals surface area contributed by atoms with Crippen LogP contribution in [0, 0.1) is 5.41 Å². The Labute approximate surface area is 142 Å². The van der Waals surface area contributed by atoms with Gasteiger partial charge in [0.2, 0.25) is 10.0 Å². The zero-order valence-electron chi connectivity index (χ0n) is 13.8. The highest BCUT2D eigenvalue weighted by Crippen LogP contribution is 2.44. The van der Waals surface area contributed by atoms with E-state index in [2.05, 4.69) is 9.88 Å². The number of hydrogen-bond acceptors (Lipinski definition) is 6. The van der Waals surface area contributed by atoms with E-state index in [9.17, 15) is 8.42 Å². The topological polar surface area (TPSA) is 62.7 Å². The van der Waals surface area contributed by atoms with Crippen LogP contribution in [-0.2, 0) is 21.3 Å². The zero-order valence-corrected chi connectivity index (χ0v) is 15.4. The lowest BCUT2D eigenvalue weighted by Gasteiger charge is -2.39. The van der Waals surface area contributed by atoms with Crippen LogP contribution in [0.25, 0.3) is 0 Å². The average molecular weight is 360 g/mol. The Hall–Kier alpha value is -0.540. The molecule has 3 heterocycles. The van der Waals surface area contributed by atoms with Crippen LogP contribution in [0.15, 0.2) is 11.6 Å². The molecule has 2 aliphatic rings. The van der Waals surface area contributed by atoms with Crippen molar-refractivity contribution in [3.05, 3.63) is 16.6 Å². The van der Waals surface area contributed by atoms with Crippen LogP contribution in [0.3, 0.4) is 0 Å². The number of methoxy groups -OCH3 is 1. The number of thiazole rings is 1. The third-order valence-corrected chi connectivity index (χ3v) is 7.15. The average Bonchev–Trinajstić information content (AvgIpc) is 3.10. The Bertz CT molecular complexity index is 610. The normalized spacial score (nSPS) is 26.1. The molecule has 1 atom stereocenters. The van der Waals surface area contributed by atoms with Gasteiger partial charge in [0.1, 0.15) is 5.01 Å². The summed E-state index contributed by atoms with van der Waals surface area (Å²) in [5.41, 5.74) is 0.117. The molecule has 2 aliphatic heterocycles. The molecule has 0 aromatic carbocycles. The van der Waals surface area contributed by atoms with Gasteiger partial charge in [-0.3, -0.25) is 4.90 Å². The fourth-order valence-electron chi connectivity index (χ4n) is 3.92. The van der Waals surface area contributed by atoms with Gasteiger partial charge in [-0.1, -0.05) is 0 Å². The summed E-state index contributed by atoms with van der Waals surface area (Å²) in [6, 6.07) is -0.0134. The van der Waals surface area contributed by atoms with Gasteiger partial charge in [0.05, 0.1) is 19.4 Å². The van der Waals surface area contributed by atoms with E-state index in [1.54, 1.807) is 22.8 Å². The Morgan fingerprint density at radius 2 is 2.17 bits per heavy atom. The first-order valence-corrected chi connectivity index (χ1v) is 10.7. The molecule has 1 unspecified atom stereocenters. The maximum absolute atomic E-state index is 12.1. The molecule has 1 spiro atoms. The molecule has 0 N–H and O–H groups in total. The van der Waals surface area contributed by atoms with E-state index in [0.29, 0.717) is 13.2 Å². The highest BCUT2D eigenvalue weighted by atomic mass is 32.2. The summed E-state index contributed by atoms with van der Waals surface area (Å²) in [6.07, 6.45) is 6.17. The van der Waals surface area contributed by atoms with Crippen molar-refractivity contribution >= 4 is 21.4 Å². The lowest BCUT2D eigenvalue weighted by atomic mass is 9.76. The predicted molar refractivity (Wildman–Crippen MR) is 90.9 cm³/mol. The largest absolute Gasteiger partial charge is 0.383 e. The maximum atomic E-state index is 12.1. The van der Waals surface area contributed by atoms with Gasteiger partial charge in [-0.2, -0.15) is 4.31 Å². The molecule has 1 aromatic heterocycles. The van der Waals surface area contributed by atoms with E-state index < -0.39 is 10.0 Å². The summed E-state index contributed by atoms with van der Waals surface area (Å²) in [5, 5.41) is 3.17. The first-order valence-electron chi connectivity index (χ1n) is 7.98. The van der Waals surface area contributed by atoms with Crippen molar-refractivity contribution in [1.82, 2.24) is 14.2 Å². The van der Waals surface area contributed by atoms with Crippen molar-refractivity contribution in [1.29, 1.82) is 0 Å². The molecule has 8 heteroatoms. The highest BCUT2D eigenvalue weighted by molar-refractivity contribution is 7.88. The van der Waals surface area contributed by atoms with Crippen LogP contribution >= 0.6 is 11.3 Å².